The number of aryl methyl sites for hydroxylation is 3. The number of rotatable bonds is 9. The number of carbonyl (C=O) groups is 1. The highest BCUT2D eigenvalue weighted by atomic mass is 32.2. The second-order valence-corrected chi connectivity index (χ2v) is 11.8. The summed E-state index contributed by atoms with van der Waals surface area (Å²) < 4.78 is 30.2. The Kier molecular flexibility index (Phi) is 7.58. The minimum Gasteiger partial charge on any atom is -0.306 e. The first-order valence-corrected chi connectivity index (χ1v) is 14.3. The van der Waals surface area contributed by atoms with E-state index in [1.54, 1.807) is 10.7 Å². The van der Waals surface area contributed by atoms with Gasteiger partial charge in [-0.25, -0.2) is 13.4 Å². The third-order valence-electron chi connectivity index (χ3n) is 5.95. The van der Waals surface area contributed by atoms with Crippen LogP contribution in [0.5, 0.6) is 0 Å². The van der Waals surface area contributed by atoms with Gasteiger partial charge in [0.25, 0.3) is 5.91 Å². The molecule has 0 aliphatic carbocycles. The summed E-state index contributed by atoms with van der Waals surface area (Å²) in [5, 5.41) is 8.10. The lowest BCUT2D eigenvalue weighted by Gasteiger charge is -2.21. The van der Waals surface area contributed by atoms with Crippen LogP contribution in [0.3, 0.4) is 0 Å². The van der Waals surface area contributed by atoms with E-state index in [1.165, 1.54) is 51.0 Å². The summed E-state index contributed by atoms with van der Waals surface area (Å²) in [6.45, 7) is 10.8. The van der Waals surface area contributed by atoms with Gasteiger partial charge in [-0.3, -0.25) is 4.79 Å². The maximum Gasteiger partial charge on any atom is 0.256 e. The summed E-state index contributed by atoms with van der Waals surface area (Å²) in [4.78, 5) is 17.9. The van der Waals surface area contributed by atoms with Gasteiger partial charge in [-0.1, -0.05) is 25.2 Å². The largest absolute Gasteiger partial charge is 0.306 e. The van der Waals surface area contributed by atoms with Gasteiger partial charge < -0.3 is 5.32 Å². The van der Waals surface area contributed by atoms with Gasteiger partial charge in [0.05, 0.1) is 20.8 Å². The molecule has 1 N–H and O–H groups in total. The fourth-order valence-electron chi connectivity index (χ4n) is 3.96. The lowest BCUT2D eigenvalue weighted by atomic mass is 10.1. The molecule has 0 aliphatic heterocycles. The van der Waals surface area contributed by atoms with Crippen molar-refractivity contribution in [3.8, 4) is 5.13 Å². The molecule has 2 aromatic carbocycles. The third-order valence-corrected chi connectivity index (χ3v) is 8.85. The molecule has 0 unspecified atom stereocenters. The summed E-state index contributed by atoms with van der Waals surface area (Å²) in [5.41, 5.74) is 4.35. The Bertz CT molecular complexity index is 1460. The molecular weight excluding hydrogens is 494 g/mol. The quantitative estimate of drug-likeness (QED) is 0.313. The highest BCUT2D eigenvalue weighted by Gasteiger charge is 2.23. The zero-order valence-corrected chi connectivity index (χ0v) is 22.8. The Hall–Kier alpha value is -3.08. The predicted octanol–water partition coefficient (Wildman–Crippen LogP) is 5.47. The molecule has 0 spiro atoms. The fraction of sp³-hybridized carbons (Fsp3) is 0.346. The van der Waals surface area contributed by atoms with Gasteiger partial charge in [0.15, 0.2) is 0 Å². The van der Waals surface area contributed by atoms with E-state index in [0.717, 1.165) is 28.8 Å². The van der Waals surface area contributed by atoms with E-state index < -0.39 is 10.0 Å². The van der Waals surface area contributed by atoms with E-state index in [2.05, 4.69) is 36.4 Å². The van der Waals surface area contributed by atoms with Gasteiger partial charge in [-0.2, -0.15) is 14.1 Å². The first-order chi connectivity index (χ1) is 17.1. The minimum atomic E-state index is -3.60. The number of carbonyl (C=O) groups excluding carboxylic acids is 1. The van der Waals surface area contributed by atoms with E-state index >= 15 is 0 Å². The van der Waals surface area contributed by atoms with Crippen LogP contribution in [0, 0.1) is 20.8 Å². The van der Waals surface area contributed by atoms with Crippen molar-refractivity contribution >= 4 is 43.3 Å². The second kappa shape index (κ2) is 10.5. The summed E-state index contributed by atoms with van der Waals surface area (Å²) in [6, 6.07) is 12.0. The Morgan fingerprint density at radius 2 is 1.64 bits per heavy atom. The highest BCUT2D eigenvalue weighted by molar-refractivity contribution is 7.89. The standard InChI is InChI=1S/C26H31N5O3S2/c1-6-12-30(13-7-2)36(33,34)21-10-8-20(9-11-21)25(32)28-24-16-19(5)29-31(24)26-27-22-14-17(3)18(4)15-23(22)35-26/h8-11,14-16H,6-7,12-13H2,1-5H3,(H,28,32). The van der Waals surface area contributed by atoms with Crippen LogP contribution in [-0.4, -0.2) is 46.5 Å². The fourth-order valence-corrected chi connectivity index (χ4v) is 6.59. The molecule has 36 heavy (non-hydrogen) atoms. The van der Waals surface area contributed by atoms with Crippen molar-refractivity contribution in [1.29, 1.82) is 0 Å². The van der Waals surface area contributed by atoms with Crippen molar-refractivity contribution in [1.82, 2.24) is 19.1 Å². The third kappa shape index (κ3) is 5.21. The van der Waals surface area contributed by atoms with E-state index in [0.29, 0.717) is 29.6 Å². The zero-order valence-electron chi connectivity index (χ0n) is 21.2. The number of amides is 1. The van der Waals surface area contributed by atoms with Crippen LogP contribution in [-0.2, 0) is 10.0 Å². The Balaban J connectivity index is 1.58. The number of sulfonamides is 1. The van der Waals surface area contributed by atoms with Gasteiger partial charge in [-0.05, 0) is 81.1 Å². The Labute approximate surface area is 216 Å². The number of thiazole rings is 1. The van der Waals surface area contributed by atoms with Crippen LogP contribution in [0.1, 0.15) is 53.9 Å². The highest BCUT2D eigenvalue weighted by Crippen LogP contribution is 2.29. The molecule has 4 rings (SSSR count). The summed E-state index contributed by atoms with van der Waals surface area (Å²) in [5.74, 6) is 0.144. The number of anilines is 1. The molecule has 8 nitrogen and oxygen atoms in total. The van der Waals surface area contributed by atoms with E-state index in [4.69, 9.17) is 4.98 Å². The predicted molar refractivity (Wildman–Crippen MR) is 145 cm³/mol. The molecule has 10 heteroatoms. The zero-order chi connectivity index (χ0) is 26.0. The Morgan fingerprint density at radius 1 is 1.00 bits per heavy atom. The monoisotopic (exact) mass is 525 g/mol. The second-order valence-electron chi connectivity index (χ2n) is 8.87. The van der Waals surface area contributed by atoms with Crippen molar-refractivity contribution in [3.63, 3.8) is 0 Å². The summed E-state index contributed by atoms with van der Waals surface area (Å²) >= 11 is 1.51. The Morgan fingerprint density at radius 3 is 2.28 bits per heavy atom. The van der Waals surface area contributed by atoms with Crippen molar-refractivity contribution in [2.45, 2.75) is 52.4 Å². The topological polar surface area (TPSA) is 97.2 Å². The van der Waals surface area contributed by atoms with Crippen LogP contribution in [0.2, 0.25) is 0 Å². The maximum atomic E-state index is 13.0. The van der Waals surface area contributed by atoms with Crippen LogP contribution in [0.25, 0.3) is 15.3 Å². The molecule has 0 fully saturated rings. The molecule has 0 radical (unpaired) electrons. The molecule has 0 bridgehead atoms. The number of hydrogen-bond donors (Lipinski definition) is 1. The van der Waals surface area contributed by atoms with Gasteiger partial charge >= 0.3 is 0 Å². The smallest absolute Gasteiger partial charge is 0.256 e. The normalized spacial score (nSPS) is 11.9. The average Bonchev–Trinajstić information content (AvgIpc) is 3.41. The average molecular weight is 526 g/mol. The molecule has 0 saturated carbocycles. The van der Waals surface area contributed by atoms with Gasteiger partial charge in [0, 0.05) is 24.7 Å². The molecule has 0 aliphatic rings. The van der Waals surface area contributed by atoms with Crippen LogP contribution < -0.4 is 5.32 Å². The number of benzene rings is 2. The summed E-state index contributed by atoms with van der Waals surface area (Å²) in [7, 11) is -3.60. The van der Waals surface area contributed by atoms with Gasteiger partial charge in [-0.15, -0.1) is 0 Å². The molecule has 2 aromatic heterocycles. The molecule has 0 saturated heterocycles. The van der Waals surface area contributed by atoms with Crippen molar-refractivity contribution < 1.29 is 13.2 Å². The minimum absolute atomic E-state index is 0.182. The SMILES string of the molecule is CCCN(CCC)S(=O)(=O)c1ccc(C(=O)Nc2cc(C)nn2-c2nc3cc(C)c(C)cc3s2)cc1. The molecule has 0 atom stereocenters. The van der Waals surface area contributed by atoms with Gasteiger partial charge in [0.2, 0.25) is 15.2 Å². The van der Waals surface area contributed by atoms with Crippen LogP contribution >= 0.6 is 11.3 Å². The summed E-state index contributed by atoms with van der Waals surface area (Å²) in [6.07, 6.45) is 1.47. The van der Waals surface area contributed by atoms with E-state index in [1.807, 2.05) is 20.8 Å². The molecular formula is C26H31N5O3S2. The van der Waals surface area contributed by atoms with Crippen molar-refractivity contribution in [2.75, 3.05) is 18.4 Å². The van der Waals surface area contributed by atoms with Crippen molar-refractivity contribution in [2.24, 2.45) is 0 Å². The number of hydrogen-bond acceptors (Lipinski definition) is 6. The molecule has 4 aromatic rings. The molecule has 2 heterocycles. The van der Waals surface area contributed by atoms with Crippen molar-refractivity contribution in [3.05, 3.63) is 64.8 Å². The maximum absolute atomic E-state index is 13.0. The lowest BCUT2D eigenvalue weighted by Crippen LogP contribution is -2.32. The number of nitrogens with zero attached hydrogens (tertiary/aromatic N) is 4. The number of aromatic nitrogens is 3. The molecule has 190 valence electrons. The number of fused-ring (bicyclic) bond motifs is 1. The van der Waals surface area contributed by atoms with Gasteiger partial charge in [0.1, 0.15) is 5.82 Å². The lowest BCUT2D eigenvalue weighted by molar-refractivity contribution is 0.102. The van der Waals surface area contributed by atoms with E-state index in [-0.39, 0.29) is 10.8 Å². The molecule has 1 amide bonds. The first kappa shape index (κ1) is 26.0. The van der Waals surface area contributed by atoms with Crippen LogP contribution in [0.4, 0.5) is 5.82 Å². The van der Waals surface area contributed by atoms with Crippen LogP contribution in [0.15, 0.2) is 47.4 Å². The first-order valence-electron chi connectivity index (χ1n) is 12.0. The number of nitrogens with one attached hydrogen (secondary N) is 1. The van der Waals surface area contributed by atoms with E-state index in [9.17, 15) is 13.2 Å².